The van der Waals surface area contributed by atoms with Gasteiger partial charge in [0.15, 0.2) is 18.1 Å². The number of phenols is 1. The number of amides is 1. The second-order valence-electron chi connectivity index (χ2n) is 5.75. The Bertz CT molecular complexity index is 846. The number of hydrogen-bond donors (Lipinski definition) is 2. The molecule has 0 aliphatic rings. The first-order valence-electron chi connectivity index (χ1n) is 8.18. The van der Waals surface area contributed by atoms with E-state index in [-0.39, 0.29) is 12.4 Å². The molecule has 0 bridgehead atoms. The summed E-state index contributed by atoms with van der Waals surface area (Å²) in [5, 5.41) is 14.0. The normalized spacial score (nSPS) is 10.9. The molecule has 2 aromatic rings. The van der Waals surface area contributed by atoms with Crippen LogP contribution in [0.1, 0.15) is 23.6 Å². The quantitative estimate of drug-likeness (QED) is 0.435. The molecule has 1 amide bonds. The van der Waals surface area contributed by atoms with Crippen LogP contribution in [0.3, 0.4) is 0 Å². The highest BCUT2D eigenvalue weighted by Gasteiger charge is 2.10. The van der Waals surface area contributed by atoms with E-state index in [1.54, 1.807) is 12.1 Å². The Morgan fingerprint density at radius 1 is 1.22 bits per heavy atom. The Morgan fingerprint density at radius 3 is 2.63 bits per heavy atom. The molecule has 0 aromatic heterocycles. The van der Waals surface area contributed by atoms with E-state index in [4.69, 9.17) is 9.47 Å². The number of aryl methyl sites for hydroxylation is 2. The predicted molar refractivity (Wildman–Crippen MR) is 112 cm³/mol. The van der Waals surface area contributed by atoms with Gasteiger partial charge in [-0.2, -0.15) is 5.10 Å². The van der Waals surface area contributed by atoms with E-state index in [2.05, 4.69) is 42.4 Å². The molecule has 6 nitrogen and oxygen atoms in total. The summed E-state index contributed by atoms with van der Waals surface area (Å²) in [5.41, 5.74) is 4.81. The molecule has 0 saturated carbocycles. The van der Waals surface area contributed by atoms with Crippen molar-refractivity contribution in [2.75, 3.05) is 13.2 Å². The minimum absolute atomic E-state index is 0.0477. The van der Waals surface area contributed by atoms with Gasteiger partial charge in [-0.3, -0.25) is 4.79 Å². The number of carbonyl (C=O) groups is 1. The third kappa shape index (κ3) is 5.97. The van der Waals surface area contributed by atoms with Crippen LogP contribution in [-0.2, 0) is 4.79 Å². The van der Waals surface area contributed by atoms with Gasteiger partial charge in [-0.15, -0.1) is 0 Å². The summed E-state index contributed by atoms with van der Waals surface area (Å²) < 4.78 is 12.4. The third-order valence-corrected chi connectivity index (χ3v) is 4.53. The highest BCUT2D eigenvalue weighted by Crippen LogP contribution is 2.33. The largest absolute Gasteiger partial charge is 0.504 e. The van der Waals surface area contributed by atoms with Crippen molar-refractivity contribution in [3.05, 3.63) is 49.9 Å². The van der Waals surface area contributed by atoms with E-state index in [1.165, 1.54) is 6.21 Å². The summed E-state index contributed by atoms with van der Waals surface area (Å²) in [6.45, 7) is 5.95. The molecule has 0 fully saturated rings. The first-order valence-corrected chi connectivity index (χ1v) is 9.77. The number of hydrogen-bond acceptors (Lipinski definition) is 5. The Hall–Kier alpha value is -2.06. The first kappa shape index (κ1) is 21.2. The van der Waals surface area contributed by atoms with E-state index in [9.17, 15) is 9.90 Å². The summed E-state index contributed by atoms with van der Waals surface area (Å²) in [4.78, 5) is 12.0. The SMILES string of the molecule is CCOc1cc(Br)cc(/C=N/NC(=O)COc2c(C)cc(C)cc2Br)c1O. The number of nitrogens with one attached hydrogen (secondary N) is 1. The van der Waals surface area contributed by atoms with Gasteiger partial charge in [-0.05, 0) is 66.0 Å². The number of halogens is 2. The Balaban J connectivity index is 1.98. The van der Waals surface area contributed by atoms with Crippen LogP contribution in [-0.4, -0.2) is 30.4 Å². The second kappa shape index (κ2) is 9.75. The molecule has 0 aliphatic heterocycles. The second-order valence-corrected chi connectivity index (χ2v) is 7.52. The van der Waals surface area contributed by atoms with Crippen molar-refractivity contribution in [1.82, 2.24) is 5.43 Å². The van der Waals surface area contributed by atoms with Crippen LogP contribution in [0, 0.1) is 13.8 Å². The van der Waals surface area contributed by atoms with Crippen LogP contribution < -0.4 is 14.9 Å². The maximum atomic E-state index is 12.0. The topological polar surface area (TPSA) is 80.2 Å². The van der Waals surface area contributed by atoms with Gasteiger partial charge in [-0.1, -0.05) is 22.0 Å². The fourth-order valence-corrected chi connectivity index (χ4v) is 3.63. The van der Waals surface area contributed by atoms with Crippen molar-refractivity contribution in [3.8, 4) is 17.2 Å². The maximum Gasteiger partial charge on any atom is 0.277 e. The van der Waals surface area contributed by atoms with E-state index < -0.39 is 5.91 Å². The lowest BCUT2D eigenvalue weighted by atomic mass is 10.1. The number of aromatic hydroxyl groups is 1. The fourth-order valence-electron chi connectivity index (χ4n) is 2.39. The molecule has 2 aromatic carbocycles. The number of phenolic OH excluding ortho intramolecular Hbond substituents is 1. The summed E-state index contributed by atoms with van der Waals surface area (Å²) in [6.07, 6.45) is 1.34. The molecule has 2 N–H and O–H groups in total. The zero-order valence-corrected chi connectivity index (χ0v) is 18.3. The van der Waals surface area contributed by atoms with E-state index in [0.717, 1.165) is 20.1 Å². The number of nitrogens with zero attached hydrogens (tertiary/aromatic N) is 1. The predicted octanol–water partition coefficient (Wildman–Crippen LogP) is 4.46. The maximum absolute atomic E-state index is 12.0. The van der Waals surface area contributed by atoms with Crippen LogP contribution in [0.15, 0.2) is 38.3 Å². The lowest BCUT2D eigenvalue weighted by molar-refractivity contribution is -0.123. The zero-order chi connectivity index (χ0) is 20.0. The summed E-state index contributed by atoms with van der Waals surface area (Å²) in [5.74, 6) is 0.486. The van der Waals surface area contributed by atoms with Gasteiger partial charge in [-0.25, -0.2) is 5.43 Å². The Kier molecular flexibility index (Phi) is 7.67. The highest BCUT2D eigenvalue weighted by atomic mass is 79.9. The van der Waals surface area contributed by atoms with Gasteiger partial charge in [0.25, 0.3) is 5.91 Å². The minimum atomic E-state index is -0.419. The molecule has 0 heterocycles. The van der Waals surface area contributed by atoms with Gasteiger partial charge in [0.2, 0.25) is 0 Å². The third-order valence-electron chi connectivity index (χ3n) is 3.48. The molecular weight excluding hydrogens is 480 g/mol. The van der Waals surface area contributed by atoms with Crippen molar-refractivity contribution in [2.45, 2.75) is 20.8 Å². The van der Waals surface area contributed by atoms with Gasteiger partial charge in [0.05, 0.1) is 17.3 Å². The van der Waals surface area contributed by atoms with Gasteiger partial charge in [0, 0.05) is 10.0 Å². The zero-order valence-electron chi connectivity index (χ0n) is 15.2. The monoisotopic (exact) mass is 498 g/mol. The van der Waals surface area contributed by atoms with Gasteiger partial charge >= 0.3 is 0 Å². The molecule has 8 heteroatoms. The fraction of sp³-hybridized carbons (Fsp3) is 0.263. The molecule has 0 radical (unpaired) electrons. The van der Waals surface area contributed by atoms with Crippen LogP contribution >= 0.6 is 31.9 Å². The Morgan fingerprint density at radius 2 is 1.96 bits per heavy atom. The first-order chi connectivity index (χ1) is 12.8. The number of benzene rings is 2. The Labute approximate surface area is 174 Å². The van der Waals surface area contributed by atoms with E-state index in [0.29, 0.717) is 23.7 Å². The average Bonchev–Trinajstić information content (AvgIpc) is 2.58. The molecule has 0 unspecified atom stereocenters. The van der Waals surface area contributed by atoms with Gasteiger partial charge in [0.1, 0.15) is 5.75 Å². The molecule has 0 saturated heterocycles. The average molecular weight is 500 g/mol. The van der Waals surface area contributed by atoms with Crippen molar-refractivity contribution in [2.24, 2.45) is 5.10 Å². The van der Waals surface area contributed by atoms with Crippen LogP contribution in [0.5, 0.6) is 17.2 Å². The molecule has 0 aliphatic carbocycles. The van der Waals surface area contributed by atoms with E-state index >= 15 is 0 Å². The number of carbonyl (C=O) groups excluding carboxylic acids is 1. The molecule has 2 rings (SSSR count). The molecule has 27 heavy (non-hydrogen) atoms. The van der Waals surface area contributed by atoms with E-state index in [1.807, 2.05) is 32.9 Å². The smallest absolute Gasteiger partial charge is 0.277 e. The lowest BCUT2D eigenvalue weighted by Gasteiger charge is -2.11. The van der Waals surface area contributed by atoms with Crippen molar-refractivity contribution in [1.29, 1.82) is 0 Å². The summed E-state index contributed by atoms with van der Waals surface area (Å²) >= 11 is 6.78. The molecular formula is C19H20Br2N2O4. The number of ether oxygens (including phenoxy) is 2. The molecule has 0 spiro atoms. The van der Waals surface area contributed by atoms with Gasteiger partial charge < -0.3 is 14.6 Å². The molecule has 144 valence electrons. The number of hydrazone groups is 1. The van der Waals surface area contributed by atoms with Crippen molar-refractivity contribution < 1.29 is 19.4 Å². The standard InChI is InChI=1S/C19H20Br2N2O4/c1-4-26-16-8-14(20)7-13(18(16)25)9-22-23-17(24)10-27-19-12(3)5-11(2)6-15(19)21/h5-9,25H,4,10H2,1-3H3,(H,23,24)/b22-9+. The summed E-state index contributed by atoms with van der Waals surface area (Å²) in [7, 11) is 0. The van der Waals surface area contributed by atoms with Crippen molar-refractivity contribution >= 4 is 44.0 Å². The minimum Gasteiger partial charge on any atom is -0.504 e. The molecule has 0 atom stereocenters. The van der Waals surface area contributed by atoms with Crippen LogP contribution in [0.2, 0.25) is 0 Å². The van der Waals surface area contributed by atoms with Crippen molar-refractivity contribution in [3.63, 3.8) is 0 Å². The lowest BCUT2D eigenvalue weighted by Crippen LogP contribution is -2.24. The number of rotatable bonds is 7. The van der Waals surface area contributed by atoms with Crippen LogP contribution in [0.25, 0.3) is 0 Å². The van der Waals surface area contributed by atoms with Crippen LogP contribution in [0.4, 0.5) is 0 Å². The highest BCUT2D eigenvalue weighted by molar-refractivity contribution is 9.10. The summed E-state index contributed by atoms with van der Waals surface area (Å²) in [6, 6.07) is 7.22.